The van der Waals surface area contributed by atoms with Crippen LogP contribution in [0.4, 0.5) is 4.79 Å². The van der Waals surface area contributed by atoms with Crippen molar-refractivity contribution < 1.29 is 13.2 Å². The highest BCUT2D eigenvalue weighted by Crippen LogP contribution is 2.27. The molecule has 1 fully saturated rings. The largest absolute Gasteiger partial charge is 0.334 e. The quantitative estimate of drug-likeness (QED) is 0.750. The molecule has 2 aromatic carbocycles. The molecular formula is C18H19ClN2O3S. The number of alkyl halides is 1. The third-order valence-corrected chi connectivity index (χ3v) is 6.39. The molecule has 132 valence electrons. The molecule has 2 aromatic rings. The van der Waals surface area contributed by atoms with Gasteiger partial charge in [0.2, 0.25) is 0 Å². The molecule has 2 amide bonds. The Balaban J connectivity index is 1.89. The van der Waals surface area contributed by atoms with Gasteiger partial charge in [-0.25, -0.2) is 17.5 Å². The van der Waals surface area contributed by atoms with Crippen molar-refractivity contribution in [3.63, 3.8) is 0 Å². The lowest BCUT2D eigenvalue weighted by Crippen LogP contribution is -2.40. The van der Waals surface area contributed by atoms with Crippen molar-refractivity contribution in [2.24, 2.45) is 0 Å². The van der Waals surface area contributed by atoms with Crippen LogP contribution in [-0.4, -0.2) is 42.1 Å². The molecule has 0 spiro atoms. The van der Waals surface area contributed by atoms with Crippen molar-refractivity contribution in [2.45, 2.75) is 24.4 Å². The van der Waals surface area contributed by atoms with Gasteiger partial charge in [0.25, 0.3) is 10.0 Å². The lowest BCUT2D eigenvalue weighted by atomic mass is 10.2. The summed E-state index contributed by atoms with van der Waals surface area (Å²) in [5.41, 5.74) is 1.89. The van der Waals surface area contributed by atoms with Gasteiger partial charge in [-0.05, 0) is 24.6 Å². The van der Waals surface area contributed by atoms with Crippen molar-refractivity contribution in [1.82, 2.24) is 9.21 Å². The van der Waals surface area contributed by atoms with Crippen molar-refractivity contribution in [2.75, 3.05) is 12.4 Å². The number of rotatable bonds is 5. The average Bonchev–Trinajstić information content (AvgIpc) is 2.92. The van der Waals surface area contributed by atoms with E-state index >= 15 is 0 Å². The van der Waals surface area contributed by atoms with Gasteiger partial charge in [-0.3, -0.25) is 0 Å². The first-order valence-corrected chi connectivity index (χ1v) is 9.91. The molecular weight excluding hydrogens is 360 g/mol. The number of amides is 2. The van der Waals surface area contributed by atoms with Crippen LogP contribution in [0, 0.1) is 6.92 Å². The van der Waals surface area contributed by atoms with E-state index in [0.29, 0.717) is 6.54 Å². The van der Waals surface area contributed by atoms with Gasteiger partial charge < -0.3 is 4.90 Å². The van der Waals surface area contributed by atoms with Crippen LogP contribution in [0.1, 0.15) is 11.1 Å². The molecule has 1 heterocycles. The van der Waals surface area contributed by atoms with Crippen molar-refractivity contribution in [3.05, 3.63) is 65.7 Å². The van der Waals surface area contributed by atoms with E-state index in [9.17, 15) is 13.2 Å². The van der Waals surface area contributed by atoms with Gasteiger partial charge >= 0.3 is 6.03 Å². The van der Waals surface area contributed by atoms with E-state index in [1.807, 2.05) is 37.3 Å². The number of nitrogens with zero attached hydrogens (tertiary/aromatic N) is 2. The minimum absolute atomic E-state index is 0.0577. The summed E-state index contributed by atoms with van der Waals surface area (Å²) in [4.78, 5) is 14.4. The first kappa shape index (κ1) is 17.8. The van der Waals surface area contributed by atoms with Gasteiger partial charge in [-0.2, -0.15) is 0 Å². The number of benzene rings is 2. The Labute approximate surface area is 152 Å². The molecule has 1 aliphatic heterocycles. The maximum atomic E-state index is 12.9. The Morgan fingerprint density at radius 3 is 2.32 bits per heavy atom. The van der Waals surface area contributed by atoms with Crippen LogP contribution in [-0.2, 0) is 16.6 Å². The standard InChI is InChI=1S/C18H19ClN2O3S/c1-14-7-9-17(10-8-14)25(23,24)21-16(11-19)13-20(18(21)22)12-15-5-3-2-4-6-15/h2-10,16H,11-13H2,1H3. The van der Waals surface area contributed by atoms with Crippen molar-refractivity contribution in [3.8, 4) is 0 Å². The number of sulfonamides is 1. The van der Waals surface area contributed by atoms with Crippen LogP contribution in [0.25, 0.3) is 0 Å². The lowest BCUT2D eigenvalue weighted by molar-refractivity contribution is 0.204. The van der Waals surface area contributed by atoms with Crippen LogP contribution in [0.3, 0.4) is 0 Å². The minimum atomic E-state index is -3.93. The normalized spacial score (nSPS) is 18.0. The van der Waals surface area contributed by atoms with E-state index in [2.05, 4.69) is 0 Å². The zero-order valence-corrected chi connectivity index (χ0v) is 15.4. The number of carbonyl (C=O) groups is 1. The number of hydrogen-bond donors (Lipinski definition) is 0. The summed E-state index contributed by atoms with van der Waals surface area (Å²) < 4.78 is 26.8. The summed E-state index contributed by atoms with van der Waals surface area (Å²) in [5, 5.41) is 0. The zero-order chi connectivity index (χ0) is 18.0. The molecule has 0 saturated carbocycles. The van der Waals surface area contributed by atoms with E-state index < -0.39 is 22.1 Å². The fraction of sp³-hybridized carbons (Fsp3) is 0.278. The van der Waals surface area contributed by atoms with E-state index in [4.69, 9.17) is 11.6 Å². The Morgan fingerprint density at radius 1 is 1.08 bits per heavy atom. The fourth-order valence-corrected chi connectivity index (χ4v) is 4.75. The van der Waals surface area contributed by atoms with E-state index in [1.165, 1.54) is 17.0 Å². The molecule has 5 nitrogen and oxygen atoms in total. The maximum absolute atomic E-state index is 12.9. The number of carbonyl (C=O) groups excluding carboxylic acids is 1. The molecule has 3 rings (SSSR count). The van der Waals surface area contributed by atoms with Crippen molar-refractivity contribution >= 4 is 27.7 Å². The summed E-state index contributed by atoms with van der Waals surface area (Å²) in [5.74, 6) is 0.0577. The number of aryl methyl sites for hydroxylation is 1. The molecule has 1 atom stereocenters. The van der Waals surface area contributed by atoms with Gasteiger partial charge in [0.15, 0.2) is 0 Å². The summed E-state index contributed by atoms with van der Waals surface area (Å²) in [6, 6.07) is 14.8. The highest BCUT2D eigenvalue weighted by Gasteiger charge is 2.44. The van der Waals surface area contributed by atoms with Crippen LogP contribution in [0.15, 0.2) is 59.5 Å². The van der Waals surface area contributed by atoms with E-state index in [0.717, 1.165) is 15.4 Å². The lowest BCUT2D eigenvalue weighted by Gasteiger charge is -2.21. The summed E-state index contributed by atoms with van der Waals surface area (Å²) >= 11 is 5.97. The SMILES string of the molecule is Cc1ccc(S(=O)(=O)N2C(=O)N(Cc3ccccc3)CC2CCl)cc1. The molecule has 0 radical (unpaired) electrons. The Morgan fingerprint density at radius 2 is 1.72 bits per heavy atom. The highest BCUT2D eigenvalue weighted by molar-refractivity contribution is 7.89. The molecule has 0 N–H and O–H groups in total. The second-order valence-electron chi connectivity index (χ2n) is 6.07. The van der Waals surface area contributed by atoms with Crippen LogP contribution in [0.2, 0.25) is 0 Å². The molecule has 1 unspecified atom stereocenters. The zero-order valence-electron chi connectivity index (χ0n) is 13.8. The van der Waals surface area contributed by atoms with Gasteiger partial charge in [0.1, 0.15) is 0 Å². The summed E-state index contributed by atoms with van der Waals surface area (Å²) in [6.07, 6.45) is 0. The summed E-state index contributed by atoms with van der Waals surface area (Å²) in [7, 11) is -3.93. The number of hydrogen-bond acceptors (Lipinski definition) is 3. The topological polar surface area (TPSA) is 57.7 Å². The first-order valence-electron chi connectivity index (χ1n) is 7.93. The Bertz CT molecular complexity index is 854. The molecule has 1 saturated heterocycles. The molecule has 0 aliphatic carbocycles. The number of urea groups is 1. The molecule has 7 heteroatoms. The van der Waals surface area contributed by atoms with Crippen LogP contribution in [0.5, 0.6) is 0 Å². The monoisotopic (exact) mass is 378 g/mol. The molecule has 25 heavy (non-hydrogen) atoms. The maximum Gasteiger partial charge on any atom is 0.334 e. The molecule has 0 aromatic heterocycles. The smallest absolute Gasteiger partial charge is 0.317 e. The van der Waals surface area contributed by atoms with Gasteiger partial charge in [0.05, 0.1) is 10.9 Å². The molecule has 1 aliphatic rings. The second-order valence-corrected chi connectivity index (χ2v) is 8.19. The fourth-order valence-electron chi connectivity index (χ4n) is 2.87. The Kier molecular flexibility index (Phi) is 5.01. The van der Waals surface area contributed by atoms with Crippen LogP contribution >= 0.6 is 11.6 Å². The highest BCUT2D eigenvalue weighted by atomic mass is 35.5. The van der Waals surface area contributed by atoms with E-state index in [-0.39, 0.29) is 17.3 Å². The predicted molar refractivity (Wildman–Crippen MR) is 97.0 cm³/mol. The third-order valence-electron chi connectivity index (χ3n) is 4.19. The first-order chi connectivity index (χ1) is 11.9. The van der Waals surface area contributed by atoms with Crippen LogP contribution < -0.4 is 0 Å². The average molecular weight is 379 g/mol. The van der Waals surface area contributed by atoms with E-state index in [1.54, 1.807) is 12.1 Å². The Hall–Kier alpha value is -2.05. The van der Waals surface area contributed by atoms with Gasteiger partial charge in [-0.15, -0.1) is 11.6 Å². The summed E-state index contributed by atoms with van der Waals surface area (Å²) in [6.45, 7) is 2.51. The third kappa shape index (κ3) is 3.50. The molecule has 0 bridgehead atoms. The minimum Gasteiger partial charge on any atom is -0.317 e. The van der Waals surface area contributed by atoms with Gasteiger partial charge in [0, 0.05) is 19.0 Å². The van der Waals surface area contributed by atoms with Gasteiger partial charge in [-0.1, -0.05) is 48.0 Å². The second kappa shape index (κ2) is 7.06. The predicted octanol–water partition coefficient (Wildman–Crippen LogP) is 3.23. The van der Waals surface area contributed by atoms with Crippen molar-refractivity contribution in [1.29, 1.82) is 0 Å². The number of halogens is 1.